The van der Waals surface area contributed by atoms with E-state index in [2.05, 4.69) is 16.7 Å². The second kappa shape index (κ2) is 7.99. The first kappa shape index (κ1) is 15.8. The molecule has 0 spiro atoms. The van der Waals surface area contributed by atoms with Gasteiger partial charge in [-0.05, 0) is 57.0 Å². The summed E-state index contributed by atoms with van der Waals surface area (Å²) in [6.45, 7) is 8.17. The Kier molecular flexibility index (Phi) is 6.30. The normalized spacial score (nSPS) is 28.6. The molecular formula is C16H31N3O. The van der Waals surface area contributed by atoms with Crippen molar-refractivity contribution in [3.05, 3.63) is 0 Å². The summed E-state index contributed by atoms with van der Waals surface area (Å²) >= 11 is 0. The van der Waals surface area contributed by atoms with Gasteiger partial charge in [0.1, 0.15) is 0 Å². The molecule has 4 nitrogen and oxygen atoms in total. The smallest absolute Gasteiger partial charge is 0.222 e. The molecule has 116 valence electrons. The summed E-state index contributed by atoms with van der Waals surface area (Å²) in [7, 11) is 0. The molecule has 2 rings (SSSR count). The van der Waals surface area contributed by atoms with Crippen molar-refractivity contribution in [2.75, 3.05) is 39.3 Å². The summed E-state index contributed by atoms with van der Waals surface area (Å²) in [5, 5.41) is 0. The maximum absolute atomic E-state index is 12.4. The molecule has 0 unspecified atom stereocenters. The molecule has 1 aliphatic heterocycles. The molecule has 0 aromatic rings. The van der Waals surface area contributed by atoms with Gasteiger partial charge in [-0.1, -0.05) is 6.92 Å². The van der Waals surface area contributed by atoms with Crippen molar-refractivity contribution in [2.45, 2.75) is 45.4 Å². The Morgan fingerprint density at radius 2 is 1.65 bits per heavy atom. The van der Waals surface area contributed by atoms with Gasteiger partial charge in [-0.3, -0.25) is 9.69 Å². The summed E-state index contributed by atoms with van der Waals surface area (Å²) in [5.41, 5.74) is 5.72. The lowest BCUT2D eigenvalue weighted by Gasteiger charge is -2.36. The molecule has 20 heavy (non-hydrogen) atoms. The van der Waals surface area contributed by atoms with Crippen LogP contribution in [0.15, 0.2) is 0 Å². The van der Waals surface area contributed by atoms with E-state index in [1.54, 1.807) is 0 Å². The molecule has 1 saturated heterocycles. The van der Waals surface area contributed by atoms with Crippen molar-refractivity contribution in [3.63, 3.8) is 0 Å². The molecule has 0 atom stereocenters. The molecule has 0 aromatic heterocycles. The van der Waals surface area contributed by atoms with Gasteiger partial charge in [0, 0.05) is 32.6 Å². The number of hydrogen-bond acceptors (Lipinski definition) is 3. The van der Waals surface area contributed by atoms with Gasteiger partial charge in [0.25, 0.3) is 0 Å². The van der Waals surface area contributed by atoms with Crippen LogP contribution in [0.2, 0.25) is 0 Å². The van der Waals surface area contributed by atoms with Crippen LogP contribution in [0.25, 0.3) is 0 Å². The van der Waals surface area contributed by atoms with Crippen LogP contribution in [-0.4, -0.2) is 55.0 Å². The van der Waals surface area contributed by atoms with Crippen LogP contribution in [0.1, 0.15) is 45.4 Å². The van der Waals surface area contributed by atoms with E-state index in [9.17, 15) is 4.79 Å². The Labute approximate surface area is 123 Å². The largest absolute Gasteiger partial charge is 0.340 e. The fourth-order valence-electron chi connectivity index (χ4n) is 3.58. The molecule has 0 aromatic carbocycles. The first-order valence-electron chi connectivity index (χ1n) is 8.43. The highest BCUT2D eigenvalue weighted by Crippen LogP contribution is 2.30. The Morgan fingerprint density at radius 1 is 1.05 bits per heavy atom. The van der Waals surface area contributed by atoms with Crippen LogP contribution in [0.5, 0.6) is 0 Å². The van der Waals surface area contributed by atoms with Crippen molar-refractivity contribution < 1.29 is 4.79 Å². The minimum atomic E-state index is 0.386. The highest BCUT2D eigenvalue weighted by molar-refractivity contribution is 5.76. The number of nitrogens with two attached hydrogens (primary N) is 1. The van der Waals surface area contributed by atoms with Crippen LogP contribution in [0.4, 0.5) is 0 Å². The summed E-state index contributed by atoms with van der Waals surface area (Å²) in [4.78, 5) is 16.9. The van der Waals surface area contributed by atoms with E-state index in [0.717, 1.165) is 39.1 Å². The fraction of sp³-hybridized carbons (Fsp3) is 0.938. The lowest BCUT2D eigenvalue weighted by atomic mass is 9.80. The Hall–Kier alpha value is -0.610. The molecule has 1 heterocycles. The van der Waals surface area contributed by atoms with Crippen molar-refractivity contribution in [3.8, 4) is 0 Å². The third-order valence-corrected chi connectivity index (χ3v) is 5.03. The molecule has 1 saturated carbocycles. The maximum Gasteiger partial charge on any atom is 0.222 e. The van der Waals surface area contributed by atoms with E-state index in [-0.39, 0.29) is 0 Å². The Morgan fingerprint density at radius 3 is 2.20 bits per heavy atom. The minimum absolute atomic E-state index is 0.386. The molecule has 1 aliphatic carbocycles. The van der Waals surface area contributed by atoms with E-state index in [0.29, 0.717) is 17.7 Å². The molecule has 2 aliphatic rings. The molecule has 1 amide bonds. The lowest BCUT2D eigenvalue weighted by Crippen LogP contribution is -2.49. The number of amides is 1. The zero-order chi connectivity index (χ0) is 14.4. The van der Waals surface area contributed by atoms with E-state index >= 15 is 0 Å². The van der Waals surface area contributed by atoms with Crippen LogP contribution >= 0.6 is 0 Å². The first-order valence-corrected chi connectivity index (χ1v) is 8.43. The average molecular weight is 281 g/mol. The van der Waals surface area contributed by atoms with E-state index < -0.39 is 0 Å². The SMILES string of the molecule is CCCN1CCN(C(=O)CC2CCC(CN)CC2)CC1. The topological polar surface area (TPSA) is 49.6 Å². The standard InChI is InChI=1S/C16H31N3O/c1-2-7-18-8-10-19(11-9-18)16(20)12-14-3-5-15(13-17)6-4-14/h14-15H,2-13,17H2,1H3. The van der Waals surface area contributed by atoms with Crippen molar-refractivity contribution in [1.82, 2.24) is 9.80 Å². The fourth-order valence-corrected chi connectivity index (χ4v) is 3.58. The van der Waals surface area contributed by atoms with Gasteiger partial charge in [-0.25, -0.2) is 0 Å². The summed E-state index contributed by atoms with van der Waals surface area (Å²) in [6, 6.07) is 0. The highest BCUT2D eigenvalue weighted by atomic mass is 16.2. The molecular weight excluding hydrogens is 250 g/mol. The highest BCUT2D eigenvalue weighted by Gasteiger charge is 2.26. The number of carbonyl (C=O) groups is 1. The second-order valence-electron chi connectivity index (χ2n) is 6.55. The lowest BCUT2D eigenvalue weighted by molar-refractivity contribution is -0.134. The van der Waals surface area contributed by atoms with Crippen LogP contribution in [0, 0.1) is 11.8 Å². The predicted molar refractivity (Wildman–Crippen MR) is 82.4 cm³/mol. The van der Waals surface area contributed by atoms with Crippen LogP contribution in [-0.2, 0) is 4.79 Å². The zero-order valence-electron chi connectivity index (χ0n) is 13.0. The number of hydrogen-bond donors (Lipinski definition) is 1. The third kappa shape index (κ3) is 4.45. The number of piperazine rings is 1. The Balaban J connectivity index is 1.68. The van der Waals surface area contributed by atoms with Crippen LogP contribution in [0.3, 0.4) is 0 Å². The molecule has 2 fully saturated rings. The second-order valence-corrected chi connectivity index (χ2v) is 6.55. The van der Waals surface area contributed by atoms with E-state index in [1.807, 2.05) is 0 Å². The molecule has 0 radical (unpaired) electrons. The summed E-state index contributed by atoms with van der Waals surface area (Å²) < 4.78 is 0. The first-order chi connectivity index (χ1) is 9.72. The van der Waals surface area contributed by atoms with Crippen LogP contribution < -0.4 is 5.73 Å². The summed E-state index contributed by atoms with van der Waals surface area (Å²) in [6.07, 6.45) is 6.81. The number of carbonyl (C=O) groups excluding carboxylic acids is 1. The molecule has 0 bridgehead atoms. The number of rotatable bonds is 5. The van der Waals surface area contributed by atoms with Gasteiger partial charge >= 0.3 is 0 Å². The Bertz CT molecular complexity index is 292. The monoisotopic (exact) mass is 281 g/mol. The molecule has 2 N–H and O–H groups in total. The van der Waals surface area contributed by atoms with Crippen molar-refractivity contribution in [2.24, 2.45) is 17.6 Å². The predicted octanol–water partition coefficient (Wildman–Crippen LogP) is 1.70. The van der Waals surface area contributed by atoms with Gasteiger partial charge in [-0.2, -0.15) is 0 Å². The van der Waals surface area contributed by atoms with Gasteiger partial charge in [0.2, 0.25) is 5.91 Å². The maximum atomic E-state index is 12.4. The van der Waals surface area contributed by atoms with E-state index in [1.165, 1.54) is 38.6 Å². The molecule has 4 heteroatoms. The van der Waals surface area contributed by atoms with Crippen molar-refractivity contribution >= 4 is 5.91 Å². The van der Waals surface area contributed by atoms with Gasteiger partial charge in [-0.15, -0.1) is 0 Å². The van der Waals surface area contributed by atoms with Gasteiger partial charge in [0.05, 0.1) is 0 Å². The summed E-state index contributed by atoms with van der Waals surface area (Å²) in [5.74, 6) is 1.70. The van der Waals surface area contributed by atoms with Gasteiger partial charge in [0.15, 0.2) is 0 Å². The quantitative estimate of drug-likeness (QED) is 0.834. The van der Waals surface area contributed by atoms with Gasteiger partial charge < -0.3 is 10.6 Å². The average Bonchev–Trinajstić information content (AvgIpc) is 2.49. The third-order valence-electron chi connectivity index (χ3n) is 5.03. The number of nitrogens with zero attached hydrogens (tertiary/aromatic N) is 2. The van der Waals surface area contributed by atoms with E-state index in [4.69, 9.17) is 5.73 Å². The zero-order valence-corrected chi connectivity index (χ0v) is 13.0. The van der Waals surface area contributed by atoms with Crippen molar-refractivity contribution in [1.29, 1.82) is 0 Å². The minimum Gasteiger partial charge on any atom is -0.340 e.